The van der Waals surface area contributed by atoms with Crippen molar-refractivity contribution < 1.29 is 14.3 Å². The number of imidazole rings is 1. The van der Waals surface area contributed by atoms with Crippen LogP contribution in [0.15, 0.2) is 43.0 Å². The lowest BCUT2D eigenvalue weighted by atomic mass is 9.98. The molecular formula is C16H17N3O3. The maximum atomic E-state index is 12.1. The number of carbonyl (C=O) groups is 2. The van der Waals surface area contributed by atoms with Crippen LogP contribution in [0.3, 0.4) is 0 Å². The molecule has 1 aromatic carbocycles. The fourth-order valence-electron chi connectivity index (χ4n) is 2.48. The molecule has 0 saturated carbocycles. The predicted octanol–water partition coefficient (Wildman–Crippen LogP) is 1.17. The standard InChI is InChI=1S/C16H17N3O3/c20-15(18-6-3-8-19-9-7-17-11-19)14-10-12-4-1-2-5-13(12)16(21)22-14/h1-2,4-5,7,9,11,14H,3,6,8,10H2,(H,18,20)/t14-/m1/s1. The quantitative estimate of drug-likeness (QED) is 0.664. The van der Waals surface area contributed by atoms with E-state index in [4.69, 9.17) is 4.74 Å². The number of fused-ring (bicyclic) bond motifs is 1. The second-order valence-corrected chi connectivity index (χ2v) is 5.20. The number of esters is 1. The van der Waals surface area contributed by atoms with Crippen LogP contribution < -0.4 is 5.32 Å². The minimum absolute atomic E-state index is 0.242. The Morgan fingerprint density at radius 1 is 1.41 bits per heavy atom. The van der Waals surface area contributed by atoms with Crippen LogP contribution in [0, 0.1) is 0 Å². The zero-order valence-electron chi connectivity index (χ0n) is 12.1. The van der Waals surface area contributed by atoms with Crippen molar-refractivity contribution in [3.63, 3.8) is 0 Å². The highest BCUT2D eigenvalue weighted by atomic mass is 16.5. The van der Waals surface area contributed by atoms with Crippen molar-refractivity contribution >= 4 is 11.9 Å². The molecule has 1 atom stereocenters. The number of cyclic esters (lactones) is 1. The van der Waals surface area contributed by atoms with Gasteiger partial charge in [0.1, 0.15) is 0 Å². The molecule has 0 fully saturated rings. The number of nitrogens with zero attached hydrogens (tertiary/aromatic N) is 2. The summed E-state index contributed by atoms with van der Waals surface area (Å²) in [5.74, 6) is -0.672. The van der Waals surface area contributed by atoms with E-state index in [0.29, 0.717) is 18.5 Å². The third-order valence-electron chi connectivity index (χ3n) is 3.64. The lowest BCUT2D eigenvalue weighted by Crippen LogP contribution is -2.42. The van der Waals surface area contributed by atoms with Crippen LogP contribution in [0.4, 0.5) is 0 Å². The number of hydrogen-bond acceptors (Lipinski definition) is 4. The van der Waals surface area contributed by atoms with Gasteiger partial charge in [-0.05, 0) is 18.1 Å². The molecule has 1 aliphatic heterocycles. The summed E-state index contributed by atoms with van der Waals surface area (Å²) in [7, 11) is 0. The van der Waals surface area contributed by atoms with E-state index in [9.17, 15) is 9.59 Å². The molecule has 6 heteroatoms. The Labute approximate surface area is 128 Å². The monoisotopic (exact) mass is 299 g/mol. The number of rotatable bonds is 5. The van der Waals surface area contributed by atoms with Crippen LogP contribution >= 0.6 is 0 Å². The molecule has 1 aromatic heterocycles. The molecule has 0 saturated heterocycles. The Morgan fingerprint density at radius 3 is 3.09 bits per heavy atom. The summed E-state index contributed by atoms with van der Waals surface area (Å²) in [5.41, 5.74) is 1.41. The molecule has 2 aromatic rings. The zero-order valence-corrected chi connectivity index (χ0v) is 12.1. The number of hydrogen-bond donors (Lipinski definition) is 1. The molecule has 0 spiro atoms. The van der Waals surface area contributed by atoms with Crippen molar-refractivity contribution in [1.82, 2.24) is 14.9 Å². The summed E-state index contributed by atoms with van der Waals surface area (Å²) in [4.78, 5) is 27.9. The molecule has 0 aliphatic carbocycles. The second kappa shape index (κ2) is 6.43. The summed E-state index contributed by atoms with van der Waals surface area (Å²) in [5, 5.41) is 2.82. The summed E-state index contributed by atoms with van der Waals surface area (Å²) in [6.07, 6.45) is 5.81. The highest BCUT2D eigenvalue weighted by Gasteiger charge is 2.30. The van der Waals surface area contributed by atoms with Gasteiger partial charge >= 0.3 is 5.97 Å². The fraction of sp³-hybridized carbons (Fsp3) is 0.312. The topological polar surface area (TPSA) is 73.2 Å². The van der Waals surface area contributed by atoms with Crippen LogP contribution in [0.5, 0.6) is 0 Å². The third kappa shape index (κ3) is 3.16. The van der Waals surface area contributed by atoms with Crippen LogP contribution in [0.1, 0.15) is 22.3 Å². The van der Waals surface area contributed by atoms with E-state index in [1.165, 1.54) is 0 Å². The largest absolute Gasteiger partial charge is 0.448 e. The Morgan fingerprint density at radius 2 is 2.27 bits per heavy atom. The van der Waals surface area contributed by atoms with Gasteiger partial charge < -0.3 is 14.6 Å². The molecule has 6 nitrogen and oxygen atoms in total. The lowest BCUT2D eigenvalue weighted by Gasteiger charge is -2.23. The third-order valence-corrected chi connectivity index (χ3v) is 3.64. The number of aromatic nitrogens is 2. The molecule has 1 N–H and O–H groups in total. The van der Waals surface area contributed by atoms with Crippen LogP contribution in [0.25, 0.3) is 0 Å². The van der Waals surface area contributed by atoms with Crippen molar-refractivity contribution in [3.05, 3.63) is 54.1 Å². The smallest absolute Gasteiger partial charge is 0.339 e. The van der Waals surface area contributed by atoms with Gasteiger partial charge in [0.05, 0.1) is 11.9 Å². The van der Waals surface area contributed by atoms with Crippen LogP contribution in [0.2, 0.25) is 0 Å². The van der Waals surface area contributed by atoms with Gasteiger partial charge in [-0.25, -0.2) is 9.78 Å². The first-order valence-corrected chi connectivity index (χ1v) is 7.26. The van der Waals surface area contributed by atoms with Gasteiger partial charge in [-0.15, -0.1) is 0 Å². The summed E-state index contributed by atoms with van der Waals surface area (Å²) < 4.78 is 7.16. The first-order chi connectivity index (χ1) is 10.7. The van der Waals surface area contributed by atoms with Gasteiger partial charge in [0, 0.05) is 31.9 Å². The molecule has 0 unspecified atom stereocenters. The Balaban J connectivity index is 1.50. The minimum Gasteiger partial charge on any atom is -0.448 e. The molecule has 1 amide bonds. The van der Waals surface area contributed by atoms with Crippen LogP contribution in [-0.2, 0) is 22.5 Å². The first kappa shape index (κ1) is 14.3. The van der Waals surface area contributed by atoms with Gasteiger partial charge in [-0.2, -0.15) is 0 Å². The Hall–Kier alpha value is -2.63. The number of amides is 1. The van der Waals surface area contributed by atoms with Gasteiger partial charge in [0.15, 0.2) is 6.10 Å². The van der Waals surface area contributed by atoms with E-state index in [1.54, 1.807) is 24.7 Å². The average Bonchev–Trinajstić information content (AvgIpc) is 3.04. The van der Waals surface area contributed by atoms with E-state index in [1.807, 2.05) is 22.9 Å². The summed E-state index contributed by atoms with van der Waals surface area (Å²) >= 11 is 0. The highest BCUT2D eigenvalue weighted by molar-refractivity contribution is 5.95. The van der Waals surface area contributed by atoms with Crippen molar-refractivity contribution in [2.24, 2.45) is 0 Å². The van der Waals surface area contributed by atoms with Crippen molar-refractivity contribution in [2.75, 3.05) is 6.54 Å². The number of aryl methyl sites for hydroxylation is 1. The molecule has 1 aliphatic rings. The van der Waals surface area contributed by atoms with Crippen molar-refractivity contribution in [2.45, 2.75) is 25.5 Å². The van der Waals surface area contributed by atoms with Crippen molar-refractivity contribution in [1.29, 1.82) is 0 Å². The minimum atomic E-state index is -0.740. The predicted molar refractivity (Wildman–Crippen MR) is 79.2 cm³/mol. The highest BCUT2D eigenvalue weighted by Crippen LogP contribution is 2.20. The number of ether oxygens (including phenoxy) is 1. The van der Waals surface area contributed by atoms with Gasteiger partial charge in [-0.1, -0.05) is 18.2 Å². The fourth-order valence-corrected chi connectivity index (χ4v) is 2.48. The maximum absolute atomic E-state index is 12.1. The second-order valence-electron chi connectivity index (χ2n) is 5.20. The molecule has 2 heterocycles. The average molecular weight is 299 g/mol. The van der Waals surface area contributed by atoms with E-state index < -0.39 is 12.1 Å². The maximum Gasteiger partial charge on any atom is 0.339 e. The Kier molecular flexibility index (Phi) is 4.18. The van der Waals surface area contributed by atoms with Gasteiger partial charge in [-0.3, -0.25) is 4.79 Å². The zero-order chi connectivity index (χ0) is 15.4. The van der Waals surface area contributed by atoms with Gasteiger partial charge in [0.25, 0.3) is 5.91 Å². The van der Waals surface area contributed by atoms with E-state index in [0.717, 1.165) is 18.5 Å². The first-order valence-electron chi connectivity index (χ1n) is 7.26. The van der Waals surface area contributed by atoms with E-state index in [2.05, 4.69) is 10.3 Å². The number of nitrogens with one attached hydrogen (secondary N) is 1. The normalized spacial score (nSPS) is 16.7. The van der Waals surface area contributed by atoms with E-state index in [-0.39, 0.29) is 5.91 Å². The molecular weight excluding hydrogens is 282 g/mol. The summed E-state index contributed by atoms with van der Waals surface area (Å²) in [6, 6.07) is 7.22. The van der Waals surface area contributed by atoms with E-state index >= 15 is 0 Å². The summed E-state index contributed by atoms with van der Waals surface area (Å²) in [6.45, 7) is 1.32. The molecule has 0 radical (unpaired) electrons. The molecule has 114 valence electrons. The van der Waals surface area contributed by atoms with Crippen molar-refractivity contribution in [3.8, 4) is 0 Å². The van der Waals surface area contributed by atoms with Crippen LogP contribution in [-0.4, -0.2) is 34.1 Å². The molecule has 3 rings (SSSR count). The number of carbonyl (C=O) groups excluding carboxylic acids is 2. The SMILES string of the molecule is O=C1O[C@@H](C(=O)NCCCn2ccnc2)Cc2ccccc21. The number of benzene rings is 1. The molecule has 22 heavy (non-hydrogen) atoms. The Bertz CT molecular complexity index is 667. The van der Waals surface area contributed by atoms with Gasteiger partial charge in [0.2, 0.25) is 0 Å². The molecule has 0 bridgehead atoms. The lowest BCUT2D eigenvalue weighted by molar-refractivity contribution is -0.130.